The van der Waals surface area contributed by atoms with E-state index in [9.17, 15) is 4.79 Å². The summed E-state index contributed by atoms with van der Waals surface area (Å²) in [6, 6.07) is 0. The molecule has 15 heavy (non-hydrogen) atoms. The molecule has 1 saturated carbocycles. The Kier molecular flexibility index (Phi) is 2.81. The Balaban J connectivity index is 2.37. The van der Waals surface area contributed by atoms with Gasteiger partial charge in [0.2, 0.25) is 0 Å². The molecule has 0 unspecified atom stereocenters. The highest BCUT2D eigenvalue weighted by Gasteiger charge is 2.27. The zero-order valence-corrected chi connectivity index (χ0v) is 9.08. The summed E-state index contributed by atoms with van der Waals surface area (Å²) in [5.74, 6) is -0.575. The first-order valence-corrected chi connectivity index (χ1v) is 5.86. The molecule has 0 bridgehead atoms. The van der Waals surface area contributed by atoms with Crippen LogP contribution < -0.4 is 4.74 Å². The highest BCUT2D eigenvalue weighted by Crippen LogP contribution is 2.32. The molecule has 1 aliphatic carbocycles. The second-order valence-electron chi connectivity index (χ2n) is 3.34. The molecular weight excluding hydrogens is 214 g/mol. The van der Waals surface area contributed by atoms with Crippen LogP contribution in [0.2, 0.25) is 0 Å². The van der Waals surface area contributed by atoms with Crippen molar-refractivity contribution < 1.29 is 14.6 Å². The van der Waals surface area contributed by atoms with Crippen LogP contribution in [0.15, 0.2) is 17.3 Å². The number of aromatic nitrogens is 1. The van der Waals surface area contributed by atoms with Gasteiger partial charge in [0.05, 0.1) is 12.3 Å². The van der Waals surface area contributed by atoms with Crippen LogP contribution in [0.4, 0.5) is 0 Å². The van der Waals surface area contributed by atoms with E-state index in [1.165, 1.54) is 18.0 Å². The lowest BCUT2D eigenvalue weighted by atomic mass is 10.2. The van der Waals surface area contributed by atoms with Crippen LogP contribution in [0.1, 0.15) is 23.2 Å². The number of hydrogen-bond donors (Lipinski definition) is 1. The van der Waals surface area contributed by atoms with Gasteiger partial charge in [0.25, 0.3) is 0 Å². The molecule has 0 aliphatic heterocycles. The van der Waals surface area contributed by atoms with E-state index >= 15 is 0 Å². The van der Waals surface area contributed by atoms with Gasteiger partial charge in [-0.2, -0.15) is 0 Å². The number of aromatic carboxylic acids is 1. The maximum Gasteiger partial charge on any atom is 0.340 e. The number of carbonyl (C=O) groups is 1. The van der Waals surface area contributed by atoms with Gasteiger partial charge in [-0.3, -0.25) is 4.98 Å². The molecule has 1 aromatic rings. The molecule has 1 aliphatic rings. The summed E-state index contributed by atoms with van der Waals surface area (Å²) in [4.78, 5) is 15.7. The minimum atomic E-state index is -0.961. The summed E-state index contributed by atoms with van der Waals surface area (Å²) in [6.45, 7) is 0. The predicted octanol–water partition coefficient (Wildman–Crippen LogP) is 2.04. The Bertz CT molecular complexity index is 390. The van der Waals surface area contributed by atoms with Crippen molar-refractivity contribution in [1.29, 1.82) is 0 Å². The van der Waals surface area contributed by atoms with Crippen LogP contribution >= 0.6 is 11.8 Å². The molecule has 0 radical (unpaired) electrons. The third kappa shape index (κ3) is 2.23. The largest absolute Gasteiger partial charge is 0.488 e. The van der Waals surface area contributed by atoms with Crippen LogP contribution in [0.25, 0.3) is 0 Å². The van der Waals surface area contributed by atoms with E-state index in [1.807, 2.05) is 6.26 Å². The fourth-order valence-corrected chi connectivity index (χ4v) is 1.80. The monoisotopic (exact) mass is 225 g/mol. The Morgan fingerprint density at radius 3 is 2.87 bits per heavy atom. The van der Waals surface area contributed by atoms with Gasteiger partial charge in [-0.1, -0.05) is 0 Å². The van der Waals surface area contributed by atoms with Gasteiger partial charge in [0, 0.05) is 11.1 Å². The highest BCUT2D eigenvalue weighted by atomic mass is 32.2. The highest BCUT2D eigenvalue weighted by molar-refractivity contribution is 7.98. The molecule has 1 N–H and O–H groups in total. The Morgan fingerprint density at radius 1 is 1.60 bits per heavy atom. The van der Waals surface area contributed by atoms with Crippen LogP contribution in [0.5, 0.6) is 5.75 Å². The van der Waals surface area contributed by atoms with E-state index in [2.05, 4.69) is 4.98 Å². The molecule has 1 fully saturated rings. The summed E-state index contributed by atoms with van der Waals surface area (Å²) in [6.07, 6.45) is 7.03. The second-order valence-corrected chi connectivity index (χ2v) is 4.19. The van der Waals surface area contributed by atoms with Crippen LogP contribution in [0, 0.1) is 0 Å². The summed E-state index contributed by atoms with van der Waals surface area (Å²) in [5.41, 5.74) is 0.226. The fourth-order valence-electron chi connectivity index (χ4n) is 1.24. The van der Waals surface area contributed by atoms with Gasteiger partial charge >= 0.3 is 5.97 Å². The molecule has 1 heterocycles. The molecule has 0 spiro atoms. The minimum Gasteiger partial charge on any atom is -0.488 e. The smallest absolute Gasteiger partial charge is 0.340 e. The van der Waals surface area contributed by atoms with Crippen molar-refractivity contribution in [1.82, 2.24) is 4.98 Å². The molecule has 80 valence electrons. The summed E-state index contributed by atoms with van der Waals surface area (Å²) >= 11 is 1.36. The number of pyridine rings is 1. The topological polar surface area (TPSA) is 59.4 Å². The molecule has 0 atom stereocenters. The molecular formula is C10H11NO3S. The number of thioether (sulfide) groups is 1. The van der Waals surface area contributed by atoms with Gasteiger partial charge in [-0.25, -0.2) is 4.79 Å². The van der Waals surface area contributed by atoms with E-state index < -0.39 is 5.97 Å². The van der Waals surface area contributed by atoms with Crippen molar-refractivity contribution in [3.63, 3.8) is 0 Å². The lowest BCUT2D eigenvalue weighted by Crippen LogP contribution is -2.06. The number of nitrogens with zero attached hydrogens (tertiary/aromatic N) is 1. The summed E-state index contributed by atoms with van der Waals surface area (Å²) in [5, 5.41) is 9.09. The van der Waals surface area contributed by atoms with Gasteiger partial charge in [0.15, 0.2) is 5.75 Å². The van der Waals surface area contributed by atoms with Crippen molar-refractivity contribution in [3.8, 4) is 5.75 Å². The lowest BCUT2D eigenvalue weighted by molar-refractivity contribution is 0.0687. The average molecular weight is 225 g/mol. The summed E-state index contributed by atoms with van der Waals surface area (Å²) in [7, 11) is 0. The van der Waals surface area contributed by atoms with Crippen LogP contribution in [-0.4, -0.2) is 28.4 Å². The van der Waals surface area contributed by atoms with Gasteiger partial charge in [0.1, 0.15) is 5.56 Å². The number of rotatable bonds is 4. The van der Waals surface area contributed by atoms with Crippen molar-refractivity contribution in [2.24, 2.45) is 0 Å². The molecule has 0 saturated heterocycles. The normalized spacial score (nSPS) is 15.0. The molecule has 0 amide bonds. The number of carboxylic acid groups (broad SMARTS) is 1. The second kappa shape index (κ2) is 4.10. The third-order valence-corrected chi connectivity index (χ3v) is 2.88. The lowest BCUT2D eigenvalue weighted by Gasteiger charge is -2.09. The third-order valence-electron chi connectivity index (χ3n) is 2.13. The Hall–Kier alpha value is -1.23. The van der Waals surface area contributed by atoms with Crippen LogP contribution in [0.3, 0.4) is 0 Å². The standard InChI is InChI=1S/C10H11NO3S/c1-15-8-5-11-4-7(9(8)10(12)13)14-6-2-3-6/h4-6H,2-3H2,1H3,(H,12,13). The van der Waals surface area contributed by atoms with E-state index in [-0.39, 0.29) is 11.7 Å². The molecule has 5 heteroatoms. The van der Waals surface area contributed by atoms with Crippen molar-refractivity contribution in [3.05, 3.63) is 18.0 Å². The first kappa shape index (κ1) is 10.3. The zero-order valence-electron chi connectivity index (χ0n) is 8.27. The average Bonchev–Trinajstić information content (AvgIpc) is 3.01. The predicted molar refractivity (Wildman–Crippen MR) is 56.6 cm³/mol. The number of ether oxygens (including phenoxy) is 1. The van der Waals surface area contributed by atoms with Crippen molar-refractivity contribution in [2.45, 2.75) is 23.8 Å². The van der Waals surface area contributed by atoms with E-state index in [0.29, 0.717) is 10.6 Å². The summed E-state index contributed by atoms with van der Waals surface area (Å²) < 4.78 is 5.50. The number of carboxylic acids is 1. The van der Waals surface area contributed by atoms with Crippen molar-refractivity contribution in [2.75, 3.05) is 6.26 Å². The maximum absolute atomic E-state index is 11.1. The van der Waals surface area contributed by atoms with Crippen molar-refractivity contribution >= 4 is 17.7 Å². The fraction of sp³-hybridized carbons (Fsp3) is 0.400. The Labute approximate surface area is 91.7 Å². The van der Waals surface area contributed by atoms with Gasteiger partial charge in [-0.05, 0) is 19.1 Å². The SMILES string of the molecule is CSc1cncc(OC2CC2)c1C(=O)O. The minimum absolute atomic E-state index is 0.182. The van der Waals surface area contributed by atoms with Gasteiger partial charge in [-0.15, -0.1) is 11.8 Å². The van der Waals surface area contributed by atoms with E-state index in [4.69, 9.17) is 9.84 Å². The number of hydrogen-bond acceptors (Lipinski definition) is 4. The quantitative estimate of drug-likeness (QED) is 0.794. The molecule has 0 aromatic carbocycles. The van der Waals surface area contributed by atoms with Gasteiger partial charge < -0.3 is 9.84 Å². The van der Waals surface area contributed by atoms with E-state index in [0.717, 1.165) is 12.8 Å². The molecule has 4 nitrogen and oxygen atoms in total. The zero-order chi connectivity index (χ0) is 10.8. The maximum atomic E-state index is 11.1. The first-order valence-electron chi connectivity index (χ1n) is 4.64. The molecule has 2 rings (SSSR count). The van der Waals surface area contributed by atoms with Crippen LogP contribution in [-0.2, 0) is 0 Å². The molecule has 1 aromatic heterocycles. The first-order chi connectivity index (χ1) is 7.22. The van der Waals surface area contributed by atoms with E-state index in [1.54, 1.807) is 6.20 Å². The Morgan fingerprint density at radius 2 is 2.33 bits per heavy atom.